The molecule has 0 fully saturated rings. The fraction of sp³-hybridized carbons (Fsp3) is 0.286. The van der Waals surface area contributed by atoms with Gasteiger partial charge in [-0.05, 0) is 26.0 Å². The zero-order valence-corrected chi connectivity index (χ0v) is 11.4. The monoisotopic (exact) mass is 279 g/mol. The third-order valence-corrected chi connectivity index (χ3v) is 2.77. The van der Waals surface area contributed by atoms with Gasteiger partial charge in [0.2, 0.25) is 0 Å². The molecule has 20 heavy (non-hydrogen) atoms. The summed E-state index contributed by atoms with van der Waals surface area (Å²) < 4.78 is 28.9. The van der Waals surface area contributed by atoms with Crippen molar-refractivity contribution in [2.75, 3.05) is 13.7 Å². The zero-order valence-electron chi connectivity index (χ0n) is 11.4. The standard InChI is InChI=1S/C14H14FNO4/c1-4-19-14(17)12-8(2)20-16-13(12)10-6-5-9(18-3)7-11(10)15/h5-7H,4H2,1-3H3. The van der Waals surface area contributed by atoms with Crippen molar-refractivity contribution in [3.8, 4) is 17.0 Å². The molecule has 1 heterocycles. The first-order valence-electron chi connectivity index (χ1n) is 6.05. The van der Waals surface area contributed by atoms with Gasteiger partial charge in [-0.25, -0.2) is 9.18 Å². The normalized spacial score (nSPS) is 10.4. The van der Waals surface area contributed by atoms with Crippen molar-refractivity contribution in [3.63, 3.8) is 0 Å². The maximum Gasteiger partial charge on any atom is 0.344 e. The largest absolute Gasteiger partial charge is 0.497 e. The molecule has 0 spiro atoms. The molecule has 2 rings (SSSR count). The predicted molar refractivity (Wildman–Crippen MR) is 69.1 cm³/mol. The van der Waals surface area contributed by atoms with Crippen LogP contribution in [-0.2, 0) is 4.74 Å². The fourth-order valence-electron chi connectivity index (χ4n) is 1.81. The average molecular weight is 279 g/mol. The van der Waals surface area contributed by atoms with Crippen molar-refractivity contribution in [1.82, 2.24) is 5.16 Å². The second kappa shape index (κ2) is 5.73. The van der Waals surface area contributed by atoms with Crippen molar-refractivity contribution in [2.45, 2.75) is 13.8 Å². The third-order valence-electron chi connectivity index (χ3n) is 2.77. The lowest BCUT2D eigenvalue weighted by Crippen LogP contribution is -2.07. The highest BCUT2D eigenvalue weighted by Gasteiger charge is 2.24. The predicted octanol–water partition coefficient (Wildman–Crippen LogP) is 2.97. The number of methoxy groups -OCH3 is 1. The maximum atomic E-state index is 14.0. The quantitative estimate of drug-likeness (QED) is 0.805. The van der Waals surface area contributed by atoms with Crippen LogP contribution >= 0.6 is 0 Å². The molecule has 0 aliphatic rings. The highest BCUT2D eigenvalue weighted by Crippen LogP contribution is 2.30. The molecule has 0 radical (unpaired) electrons. The van der Waals surface area contributed by atoms with E-state index in [0.29, 0.717) is 5.75 Å². The van der Waals surface area contributed by atoms with Crippen LogP contribution in [0.5, 0.6) is 5.75 Å². The van der Waals surface area contributed by atoms with Crippen molar-refractivity contribution in [1.29, 1.82) is 0 Å². The van der Waals surface area contributed by atoms with E-state index in [-0.39, 0.29) is 29.2 Å². The van der Waals surface area contributed by atoms with Gasteiger partial charge in [-0.2, -0.15) is 0 Å². The molecule has 0 aliphatic carbocycles. The number of nitrogens with zero attached hydrogens (tertiary/aromatic N) is 1. The Morgan fingerprint density at radius 1 is 1.45 bits per heavy atom. The first kappa shape index (κ1) is 14.0. The van der Waals surface area contributed by atoms with E-state index in [2.05, 4.69) is 5.16 Å². The molecule has 6 heteroatoms. The van der Waals surface area contributed by atoms with Gasteiger partial charge in [0, 0.05) is 11.6 Å². The molecule has 106 valence electrons. The van der Waals surface area contributed by atoms with Crippen LogP contribution in [-0.4, -0.2) is 24.8 Å². The van der Waals surface area contributed by atoms with Crippen LogP contribution in [0.3, 0.4) is 0 Å². The molecule has 0 amide bonds. The number of halogens is 1. The van der Waals surface area contributed by atoms with Gasteiger partial charge in [0.1, 0.15) is 28.6 Å². The van der Waals surface area contributed by atoms with E-state index in [1.54, 1.807) is 19.9 Å². The third kappa shape index (κ3) is 2.49. The highest BCUT2D eigenvalue weighted by molar-refractivity contribution is 5.97. The molecule has 0 N–H and O–H groups in total. The number of ether oxygens (including phenoxy) is 2. The summed E-state index contributed by atoms with van der Waals surface area (Å²) in [4.78, 5) is 11.9. The Balaban J connectivity index is 2.51. The number of carbonyl (C=O) groups is 1. The van der Waals surface area contributed by atoms with Crippen LogP contribution in [0, 0.1) is 12.7 Å². The summed E-state index contributed by atoms with van der Waals surface area (Å²) >= 11 is 0. The van der Waals surface area contributed by atoms with Crippen LogP contribution < -0.4 is 4.74 Å². The smallest absolute Gasteiger partial charge is 0.344 e. The SMILES string of the molecule is CCOC(=O)c1c(-c2ccc(OC)cc2F)noc1C. The summed E-state index contributed by atoms with van der Waals surface area (Å²) in [6, 6.07) is 4.28. The Hall–Kier alpha value is -2.37. The molecule has 5 nitrogen and oxygen atoms in total. The summed E-state index contributed by atoms with van der Waals surface area (Å²) in [6.45, 7) is 3.48. The van der Waals surface area contributed by atoms with Crippen LogP contribution in [0.25, 0.3) is 11.3 Å². The number of carbonyl (C=O) groups excluding carboxylic acids is 1. The van der Waals surface area contributed by atoms with E-state index in [4.69, 9.17) is 14.0 Å². The lowest BCUT2D eigenvalue weighted by Gasteiger charge is -2.05. The molecule has 1 aromatic carbocycles. The molecular weight excluding hydrogens is 265 g/mol. The molecular formula is C14H14FNO4. The van der Waals surface area contributed by atoms with Gasteiger partial charge in [-0.1, -0.05) is 5.16 Å². The maximum absolute atomic E-state index is 14.0. The first-order chi connectivity index (χ1) is 9.58. The lowest BCUT2D eigenvalue weighted by atomic mass is 10.1. The molecule has 0 bridgehead atoms. The molecule has 1 aromatic heterocycles. The van der Waals surface area contributed by atoms with Gasteiger partial charge >= 0.3 is 5.97 Å². The summed E-state index contributed by atoms with van der Waals surface area (Å²) in [6.07, 6.45) is 0. The molecule has 0 unspecified atom stereocenters. The first-order valence-corrected chi connectivity index (χ1v) is 6.05. The zero-order chi connectivity index (χ0) is 14.7. The average Bonchev–Trinajstić information content (AvgIpc) is 2.80. The number of esters is 1. The van der Waals surface area contributed by atoms with E-state index in [1.165, 1.54) is 19.2 Å². The van der Waals surface area contributed by atoms with Crippen LogP contribution in [0.15, 0.2) is 22.7 Å². The second-order valence-electron chi connectivity index (χ2n) is 4.03. The number of aryl methyl sites for hydroxylation is 1. The van der Waals surface area contributed by atoms with Crippen molar-refractivity contribution in [2.24, 2.45) is 0 Å². The molecule has 0 aliphatic heterocycles. The number of aromatic nitrogens is 1. The summed E-state index contributed by atoms with van der Waals surface area (Å²) in [5, 5.41) is 3.75. The van der Waals surface area contributed by atoms with E-state index >= 15 is 0 Å². The van der Waals surface area contributed by atoms with Gasteiger partial charge < -0.3 is 14.0 Å². The highest BCUT2D eigenvalue weighted by atomic mass is 19.1. The molecule has 0 atom stereocenters. The van der Waals surface area contributed by atoms with Gasteiger partial charge in [-0.3, -0.25) is 0 Å². The number of hydrogen-bond donors (Lipinski definition) is 0. The van der Waals surface area contributed by atoms with Crippen LogP contribution in [0.1, 0.15) is 23.0 Å². The Morgan fingerprint density at radius 3 is 2.80 bits per heavy atom. The minimum atomic E-state index is -0.587. The molecule has 0 saturated carbocycles. The minimum Gasteiger partial charge on any atom is -0.497 e. The molecule has 0 saturated heterocycles. The van der Waals surface area contributed by atoms with Crippen molar-refractivity contribution in [3.05, 3.63) is 35.3 Å². The summed E-state index contributed by atoms with van der Waals surface area (Å²) in [7, 11) is 1.44. The minimum absolute atomic E-state index is 0.126. The Bertz CT molecular complexity index is 636. The van der Waals surface area contributed by atoms with Crippen molar-refractivity contribution < 1.29 is 23.2 Å². The Morgan fingerprint density at radius 2 is 2.20 bits per heavy atom. The Labute approximate surface area is 115 Å². The van der Waals surface area contributed by atoms with Gasteiger partial charge in [0.15, 0.2) is 0 Å². The summed E-state index contributed by atoms with van der Waals surface area (Å²) in [5.41, 5.74) is 0.419. The van der Waals surface area contributed by atoms with E-state index in [0.717, 1.165) is 0 Å². The number of rotatable bonds is 4. The fourth-order valence-corrected chi connectivity index (χ4v) is 1.81. The number of hydrogen-bond acceptors (Lipinski definition) is 5. The second-order valence-corrected chi connectivity index (χ2v) is 4.03. The van der Waals surface area contributed by atoms with Gasteiger partial charge in [-0.15, -0.1) is 0 Å². The van der Waals surface area contributed by atoms with Gasteiger partial charge in [0.25, 0.3) is 0 Å². The van der Waals surface area contributed by atoms with E-state index < -0.39 is 11.8 Å². The summed E-state index contributed by atoms with van der Waals surface area (Å²) in [5.74, 6) is -0.475. The molecule has 2 aromatic rings. The van der Waals surface area contributed by atoms with Crippen LogP contribution in [0.2, 0.25) is 0 Å². The van der Waals surface area contributed by atoms with E-state index in [9.17, 15) is 9.18 Å². The number of benzene rings is 1. The lowest BCUT2D eigenvalue weighted by molar-refractivity contribution is 0.0525. The van der Waals surface area contributed by atoms with Crippen molar-refractivity contribution >= 4 is 5.97 Å². The van der Waals surface area contributed by atoms with E-state index in [1.807, 2.05) is 0 Å². The van der Waals surface area contributed by atoms with Gasteiger partial charge in [0.05, 0.1) is 13.7 Å². The topological polar surface area (TPSA) is 61.6 Å². The Kier molecular flexibility index (Phi) is 4.02. The van der Waals surface area contributed by atoms with Crippen LogP contribution in [0.4, 0.5) is 4.39 Å².